The number of hydrogen-bond acceptors (Lipinski definition) is 4. The van der Waals surface area contributed by atoms with Crippen molar-refractivity contribution in [2.45, 2.75) is 38.5 Å². The Morgan fingerprint density at radius 2 is 1.88 bits per heavy atom. The number of piperidine rings is 1. The summed E-state index contributed by atoms with van der Waals surface area (Å²) < 4.78 is 37.6. The molecule has 9 heteroatoms. The molecule has 2 heterocycles. The van der Waals surface area contributed by atoms with E-state index in [0.29, 0.717) is 17.7 Å². The summed E-state index contributed by atoms with van der Waals surface area (Å²) in [6.45, 7) is 3.81. The van der Waals surface area contributed by atoms with Crippen LogP contribution in [-0.2, 0) is 9.59 Å². The molecular weight excluding hydrogens is 353 g/mol. The molecule has 1 aromatic heterocycles. The first-order valence-electron chi connectivity index (χ1n) is 8.34. The number of likely N-dealkylation sites (tertiary alicyclic amines) is 1. The maximum absolute atomic E-state index is 12.1. The van der Waals surface area contributed by atoms with E-state index < -0.39 is 12.1 Å². The van der Waals surface area contributed by atoms with Crippen LogP contribution in [0.1, 0.15) is 26.2 Å². The molecule has 1 saturated carbocycles. The highest BCUT2D eigenvalue weighted by molar-refractivity contribution is 5.81. The smallest absolute Gasteiger partial charge is 0.489 e. The molecule has 2 fully saturated rings. The molecule has 1 saturated heterocycles. The summed E-state index contributed by atoms with van der Waals surface area (Å²) in [6.07, 6.45) is 1.52. The number of halogens is 3. The number of carbonyl (C=O) groups is 2. The van der Waals surface area contributed by atoms with Gasteiger partial charge in [0.05, 0.1) is 6.20 Å². The molecule has 1 aliphatic heterocycles. The normalized spacial score (nSPS) is 22.8. The molecule has 1 N–H and O–H groups in total. The number of nitrogens with zero attached hydrogens (tertiary/aromatic N) is 2. The van der Waals surface area contributed by atoms with Crippen LogP contribution in [0.5, 0.6) is 5.75 Å². The Labute approximate surface area is 149 Å². The summed E-state index contributed by atoms with van der Waals surface area (Å²) in [5.74, 6) is -0.685. The van der Waals surface area contributed by atoms with E-state index in [1.165, 1.54) is 0 Å². The van der Waals surface area contributed by atoms with Crippen LogP contribution >= 0.6 is 0 Å². The second-order valence-corrected chi connectivity index (χ2v) is 6.45. The standard InChI is InChI=1S/C15H20N2O2.C2HF3O2/c1-11-9-14(11)15(18)17-7-4-12(5-8-17)19-13-3-2-6-16-10-13;3-2(4,5)1(6)7/h2-3,6,10-12,14H,4-5,7-9H2,1H3;(H,6,7). The van der Waals surface area contributed by atoms with Gasteiger partial charge in [-0.1, -0.05) is 6.92 Å². The van der Waals surface area contributed by atoms with Crippen molar-refractivity contribution in [3.05, 3.63) is 24.5 Å². The molecule has 2 unspecified atom stereocenters. The molecule has 1 aliphatic carbocycles. The highest BCUT2D eigenvalue weighted by Crippen LogP contribution is 2.39. The van der Waals surface area contributed by atoms with Crippen molar-refractivity contribution in [3.63, 3.8) is 0 Å². The lowest BCUT2D eigenvalue weighted by Crippen LogP contribution is -2.42. The van der Waals surface area contributed by atoms with Gasteiger partial charge in [0.2, 0.25) is 5.91 Å². The lowest BCUT2D eigenvalue weighted by atomic mass is 10.1. The van der Waals surface area contributed by atoms with E-state index in [1.807, 2.05) is 17.0 Å². The monoisotopic (exact) mass is 374 g/mol. The third kappa shape index (κ3) is 5.89. The Bertz CT molecular complexity index is 616. The Kier molecular flexibility index (Phi) is 6.44. The number of amides is 1. The SMILES string of the molecule is CC1CC1C(=O)N1CCC(Oc2cccnc2)CC1.O=C(O)C(F)(F)F. The highest BCUT2D eigenvalue weighted by Gasteiger charge is 2.42. The van der Waals surface area contributed by atoms with E-state index in [4.69, 9.17) is 14.6 Å². The number of ether oxygens (including phenoxy) is 1. The van der Waals surface area contributed by atoms with Gasteiger partial charge in [-0.15, -0.1) is 0 Å². The summed E-state index contributed by atoms with van der Waals surface area (Å²) in [4.78, 5) is 27.1. The van der Waals surface area contributed by atoms with E-state index in [1.54, 1.807) is 12.4 Å². The zero-order chi connectivity index (χ0) is 19.3. The number of alkyl halides is 3. The van der Waals surface area contributed by atoms with Gasteiger partial charge in [-0.3, -0.25) is 9.78 Å². The van der Waals surface area contributed by atoms with E-state index in [0.717, 1.165) is 38.1 Å². The average molecular weight is 374 g/mol. The average Bonchev–Trinajstić information content (AvgIpc) is 3.32. The lowest BCUT2D eigenvalue weighted by molar-refractivity contribution is -0.192. The van der Waals surface area contributed by atoms with Gasteiger partial charge in [-0.2, -0.15) is 13.2 Å². The summed E-state index contributed by atoms with van der Waals surface area (Å²) in [6, 6.07) is 3.80. The highest BCUT2D eigenvalue weighted by atomic mass is 19.4. The van der Waals surface area contributed by atoms with Gasteiger partial charge in [-0.05, 0) is 24.5 Å². The van der Waals surface area contributed by atoms with Crippen molar-refractivity contribution in [2.24, 2.45) is 11.8 Å². The predicted octanol–water partition coefficient (Wildman–Crippen LogP) is 2.74. The van der Waals surface area contributed by atoms with Gasteiger partial charge in [0.1, 0.15) is 11.9 Å². The van der Waals surface area contributed by atoms with Crippen LogP contribution in [0.4, 0.5) is 13.2 Å². The van der Waals surface area contributed by atoms with Crippen molar-refractivity contribution in [1.82, 2.24) is 9.88 Å². The third-order valence-corrected chi connectivity index (χ3v) is 4.36. The van der Waals surface area contributed by atoms with Gasteiger partial charge in [0.25, 0.3) is 0 Å². The number of aliphatic carboxylic acids is 1. The van der Waals surface area contributed by atoms with Crippen LogP contribution in [-0.4, -0.2) is 52.2 Å². The summed E-state index contributed by atoms with van der Waals surface area (Å²) >= 11 is 0. The molecular formula is C17H21F3N2O4. The van der Waals surface area contributed by atoms with Crippen molar-refractivity contribution < 1.29 is 32.6 Å². The minimum absolute atomic E-state index is 0.213. The van der Waals surface area contributed by atoms with E-state index in [9.17, 15) is 18.0 Å². The summed E-state index contributed by atoms with van der Waals surface area (Å²) in [5, 5.41) is 7.12. The molecule has 26 heavy (non-hydrogen) atoms. The van der Waals surface area contributed by atoms with E-state index in [-0.39, 0.29) is 6.10 Å². The number of pyridine rings is 1. The number of hydrogen-bond donors (Lipinski definition) is 1. The van der Waals surface area contributed by atoms with Gasteiger partial charge in [-0.25, -0.2) is 4.79 Å². The topological polar surface area (TPSA) is 79.7 Å². The van der Waals surface area contributed by atoms with Crippen LogP contribution in [0.15, 0.2) is 24.5 Å². The first-order valence-corrected chi connectivity index (χ1v) is 8.34. The second kappa shape index (κ2) is 8.37. The van der Waals surface area contributed by atoms with Crippen molar-refractivity contribution in [1.29, 1.82) is 0 Å². The lowest BCUT2D eigenvalue weighted by Gasteiger charge is -2.32. The number of rotatable bonds is 3. The summed E-state index contributed by atoms with van der Waals surface area (Å²) in [7, 11) is 0. The predicted molar refractivity (Wildman–Crippen MR) is 85.4 cm³/mol. The second-order valence-electron chi connectivity index (χ2n) is 6.45. The fourth-order valence-corrected chi connectivity index (χ4v) is 2.70. The molecule has 144 valence electrons. The molecule has 2 aliphatic rings. The number of aromatic nitrogens is 1. The van der Waals surface area contributed by atoms with Gasteiger partial charge >= 0.3 is 12.1 Å². The van der Waals surface area contributed by atoms with Crippen LogP contribution in [0.25, 0.3) is 0 Å². The quantitative estimate of drug-likeness (QED) is 0.880. The van der Waals surface area contributed by atoms with Crippen LogP contribution < -0.4 is 4.74 Å². The van der Waals surface area contributed by atoms with Crippen molar-refractivity contribution >= 4 is 11.9 Å². The minimum atomic E-state index is -5.08. The van der Waals surface area contributed by atoms with Crippen molar-refractivity contribution in [2.75, 3.05) is 13.1 Å². The van der Waals surface area contributed by atoms with Crippen LogP contribution in [0.2, 0.25) is 0 Å². The number of carboxylic acids is 1. The summed E-state index contributed by atoms with van der Waals surface area (Å²) in [5.41, 5.74) is 0. The van der Waals surface area contributed by atoms with Crippen molar-refractivity contribution in [3.8, 4) is 5.75 Å². The zero-order valence-corrected chi connectivity index (χ0v) is 14.3. The van der Waals surface area contributed by atoms with Gasteiger partial charge < -0.3 is 14.7 Å². The maximum atomic E-state index is 12.1. The molecule has 0 aromatic carbocycles. The van der Waals surface area contributed by atoms with Gasteiger partial charge in [0, 0.05) is 38.0 Å². The number of carboxylic acid groups (broad SMARTS) is 1. The molecule has 2 atom stereocenters. The Balaban J connectivity index is 0.000000298. The molecule has 0 radical (unpaired) electrons. The third-order valence-electron chi connectivity index (χ3n) is 4.36. The minimum Gasteiger partial charge on any atom is -0.489 e. The van der Waals surface area contributed by atoms with E-state index >= 15 is 0 Å². The fourth-order valence-electron chi connectivity index (χ4n) is 2.70. The first-order chi connectivity index (χ1) is 12.2. The van der Waals surface area contributed by atoms with Crippen LogP contribution in [0, 0.1) is 11.8 Å². The van der Waals surface area contributed by atoms with Crippen LogP contribution in [0.3, 0.4) is 0 Å². The Morgan fingerprint density at radius 3 is 2.31 bits per heavy atom. The van der Waals surface area contributed by atoms with Gasteiger partial charge in [0.15, 0.2) is 0 Å². The first kappa shape index (κ1) is 20.0. The van der Waals surface area contributed by atoms with E-state index in [2.05, 4.69) is 11.9 Å². The molecule has 6 nitrogen and oxygen atoms in total. The largest absolute Gasteiger partial charge is 0.490 e. The zero-order valence-electron chi connectivity index (χ0n) is 14.3. The molecule has 1 aromatic rings. The molecule has 1 amide bonds. The Morgan fingerprint density at radius 1 is 1.31 bits per heavy atom. The molecule has 0 spiro atoms. The number of carbonyl (C=O) groups excluding carboxylic acids is 1. The molecule has 3 rings (SSSR count). The molecule has 0 bridgehead atoms. The fraction of sp³-hybridized carbons (Fsp3) is 0.588. The Hall–Kier alpha value is -2.32. The maximum Gasteiger partial charge on any atom is 0.490 e.